The highest BCUT2D eigenvalue weighted by Gasteiger charge is 2.31. The van der Waals surface area contributed by atoms with E-state index >= 15 is 0 Å². The van der Waals surface area contributed by atoms with Gasteiger partial charge in [0, 0.05) is 32.7 Å². The van der Waals surface area contributed by atoms with Crippen LogP contribution >= 0.6 is 0 Å². The average molecular weight is 292 g/mol. The number of carboxylic acids is 1. The topological polar surface area (TPSA) is 64.0 Å². The van der Waals surface area contributed by atoms with Gasteiger partial charge in [-0.15, -0.1) is 0 Å². The average Bonchev–Trinajstić information content (AvgIpc) is 2.40. The van der Waals surface area contributed by atoms with Crippen LogP contribution in [0.15, 0.2) is 30.3 Å². The van der Waals surface area contributed by atoms with E-state index in [1.165, 1.54) is 0 Å². The Hall–Kier alpha value is -1.43. The molecule has 1 atom stereocenters. The first-order valence-electron chi connectivity index (χ1n) is 7.33. The predicted octanol–water partition coefficient (Wildman–Crippen LogP) is 1.20. The van der Waals surface area contributed by atoms with Crippen molar-refractivity contribution in [1.82, 2.24) is 9.80 Å². The van der Waals surface area contributed by atoms with Crippen LogP contribution < -0.4 is 0 Å². The molecular weight excluding hydrogens is 268 g/mol. The summed E-state index contributed by atoms with van der Waals surface area (Å²) in [4.78, 5) is 15.8. The zero-order chi connectivity index (χ0) is 15.5. The van der Waals surface area contributed by atoms with Crippen LogP contribution in [-0.4, -0.2) is 64.3 Å². The van der Waals surface area contributed by atoms with Gasteiger partial charge < -0.3 is 10.2 Å². The monoisotopic (exact) mass is 292 g/mol. The number of aliphatic carboxylic acids is 1. The molecule has 0 aliphatic carbocycles. The van der Waals surface area contributed by atoms with Crippen molar-refractivity contribution in [2.75, 3.05) is 32.7 Å². The van der Waals surface area contributed by atoms with E-state index in [1.807, 2.05) is 35.2 Å². The number of hydrogen-bond donors (Lipinski definition) is 2. The van der Waals surface area contributed by atoms with Gasteiger partial charge in [0.1, 0.15) is 6.04 Å². The number of hydrogen-bond acceptors (Lipinski definition) is 4. The van der Waals surface area contributed by atoms with E-state index in [0.29, 0.717) is 19.6 Å². The van der Waals surface area contributed by atoms with Crippen LogP contribution in [0.2, 0.25) is 0 Å². The van der Waals surface area contributed by atoms with Crippen molar-refractivity contribution in [2.24, 2.45) is 0 Å². The van der Waals surface area contributed by atoms with Crippen molar-refractivity contribution in [3.8, 4) is 0 Å². The molecule has 116 valence electrons. The van der Waals surface area contributed by atoms with Gasteiger partial charge in [-0.05, 0) is 19.4 Å². The van der Waals surface area contributed by atoms with Crippen LogP contribution in [0.1, 0.15) is 25.5 Å². The first-order valence-corrected chi connectivity index (χ1v) is 7.33. The van der Waals surface area contributed by atoms with E-state index in [-0.39, 0.29) is 0 Å². The molecule has 5 nitrogen and oxygen atoms in total. The summed E-state index contributed by atoms with van der Waals surface area (Å²) >= 11 is 0. The lowest BCUT2D eigenvalue weighted by molar-refractivity contribution is -0.144. The van der Waals surface area contributed by atoms with Crippen molar-refractivity contribution in [3.63, 3.8) is 0 Å². The SMILES string of the molecule is CC(C)(O)CN1CCN(C(C(=O)O)c2ccccc2)CC1. The van der Waals surface area contributed by atoms with Crippen molar-refractivity contribution >= 4 is 5.97 Å². The summed E-state index contributed by atoms with van der Waals surface area (Å²) in [5.74, 6) is -0.808. The number of benzene rings is 1. The largest absolute Gasteiger partial charge is 0.480 e. The maximum absolute atomic E-state index is 11.6. The fourth-order valence-electron chi connectivity index (χ4n) is 2.87. The molecule has 1 unspecified atom stereocenters. The Kier molecular flexibility index (Phi) is 4.98. The van der Waals surface area contributed by atoms with Gasteiger partial charge in [0.25, 0.3) is 0 Å². The fraction of sp³-hybridized carbons (Fsp3) is 0.562. The van der Waals surface area contributed by atoms with Gasteiger partial charge in [-0.3, -0.25) is 14.6 Å². The third-order valence-electron chi connectivity index (χ3n) is 3.73. The maximum atomic E-state index is 11.6. The fourth-order valence-corrected chi connectivity index (χ4v) is 2.87. The molecule has 0 amide bonds. The Balaban J connectivity index is 2.00. The molecular formula is C16H24N2O3. The highest BCUT2D eigenvalue weighted by atomic mass is 16.4. The van der Waals surface area contributed by atoms with Crippen LogP contribution in [0, 0.1) is 0 Å². The number of β-amino-alcohol motifs (C(OH)–C–C–N with tert-alkyl or cyclic N) is 1. The molecule has 0 saturated carbocycles. The second kappa shape index (κ2) is 6.56. The molecule has 0 bridgehead atoms. The van der Waals surface area contributed by atoms with Gasteiger partial charge in [-0.1, -0.05) is 30.3 Å². The van der Waals surface area contributed by atoms with Gasteiger partial charge in [-0.25, -0.2) is 0 Å². The normalized spacial score (nSPS) is 19.4. The molecule has 21 heavy (non-hydrogen) atoms. The lowest BCUT2D eigenvalue weighted by Gasteiger charge is -2.39. The molecule has 1 fully saturated rings. The maximum Gasteiger partial charge on any atom is 0.325 e. The Morgan fingerprint density at radius 2 is 1.76 bits per heavy atom. The molecule has 0 aromatic heterocycles. The Bertz CT molecular complexity index is 462. The van der Waals surface area contributed by atoms with Crippen molar-refractivity contribution in [3.05, 3.63) is 35.9 Å². The second-order valence-corrected chi connectivity index (χ2v) is 6.28. The molecule has 2 N–H and O–H groups in total. The lowest BCUT2D eigenvalue weighted by atomic mass is 10.0. The highest BCUT2D eigenvalue weighted by molar-refractivity contribution is 5.75. The van der Waals surface area contributed by atoms with Gasteiger partial charge in [0.15, 0.2) is 0 Å². The Morgan fingerprint density at radius 1 is 1.19 bits per heavy atom. The van der Waals surface area contributed by atoms with E-state index in [9.17, 15) is 15.0 Å². The second-order valence-electron chi connectivity index (χ2n) is 6.28. The van der Waals surface area contributed by atoms with Gasteiger partial charge in [0.05, 0.1) is 5.60 Å². The summed E-state index contributed by atoms with van der Waals surface area (Å²) in [5, 5.41) is 19.4. The molecule has 2 rings (SSSR count). The first-order chi connectivity index (χ1) is 9.87. The minimum atomic E-state index is -0.808. The van der Waals surface area contributed by atoms with Gasteiger partial charge >= 0.3 is 5.97 Å². The summed E-state index contributed by atoms with van der Waals surface area (Å²) in [6.45, 7) is 7.15. The van der Waals surface area contributed by atoms with E-state index in [4.69, 9.17) is 0 Å². The minimum absolute atomic E-state index is 0.588. The summed E-state index contributed by atoms with van der Waals surface area (Å²) in [6, 6.07) is 8.77. The van der Waals surface area contributed by atoms with E-state index in [0.717, 1.165) is 18.7 Å². The van der Waals surface area contributed by atoms with Crippen LogP contribution in [0.3, 0.4) is 0 Å². The summed E-state index contributed by atoms with van der Waals surface area (Å²) in [5.41, 5.74) is 0.106. The number of aliphatic hydroxyl groups is 1. The molecule has 0 spiro atoms. The molecule has 0 radical (unpaired) electrons. The van der Waals surface area contributed by atoms with Crippen LogP contribution in [0.5, 0.6) is 0 Å². The molecule has 5 heteroatoms. The van der Waals surface area contributed by atoms with Gasteiger partial charge in [-0.2, -0.15) is 0 Å². The summed E-state index contributed by atoms with van der Waals surface area (Å²) in [7, 11) is 0. The molecule has 1 aliphatic rings. The molecule has 1 heterocycles. The standard InChI is InChI=1S/C16H24N2O3/c1-16(2,21)12-17-8-10-18(11-9-17)14(15(19)20)13-6-4-3-5-7-13/h3-7,14,21H,8-12H2,1-2H3,(H,19,20). The zero-order valence-corrected chi connectivity index (χ0v) is 12.7. The van der Waals surface area contributed by atoms with Crippen molar-refractivity contribution in [2.45, 2.75) is 25.5 Å². The quantitative estimate of drug-likeness (QED) is 0.854. The zero-order valence-electron chi connectivity index (χ0n) is 12.7. The smallest absolute Gasteiger partial charge is 0.325 e. The highest BCUT2D eigenvalue weighted by Crippen LogP contribution is 2.22. The Morgan fingerprint density at radius 3 is 2.24 bits per heavy atom. The third kappa shape index (κ3) is 4.52. The van der Waals surface area contributed by atoms with Crippen LogP contribution in [0.25, 0.3) is 0 Å². The van der Waals surface area contributed by atoms with E-state index in [2.05, 4.69) is 4.90 Å². The number of nitrogens with zero attached hydrogens (tertiary/aromatic N) is 2. The molecule has 1 saturated heterocycles. The third-order valence-corrected chi connectivity index (χ3v) is 3.73. The van der Waals surface area contributed by atoms with Crippen LogP contribution in [-0.2, 0) is 4.79 Å². The van der Waals surface area contributed by atoms with Crippen LogP contribution in [0.4, 0.5) is 0 Å². The minimum Gasteiger partial charge on any atom is -0.480 e. The lowest BCUT2D eigenvalue weighted by Crippen LogP contribution is -2.52. The number of rotatable bonds is 5. The first kappa shape index (κ1) is 15.9. The predicted molar refractivity (Wildman–Crippen MR) is 81.1 cm³/mol. The summed E-state index contributed by atoms with van der Waals surface area (Å²) < 4.78 is 0. The number of carbonyl (C=O) groups is 1. The van der Waals surface area contributed by atoms with E-state index in [1.54, 1.807) is 13.8 Å². The number of carboxylic acid groups (broad SMARTS) is 1. The van der Waals surface area contributed by atoms with Crippen molar-refractivity contribution < 1.29 is 15.0 Å². The van der Waals surface area contributed by atoms with Gasteiger partial charge in [0.2, 0.25) is 0 Å². The van der Waals surface area contributed by atoms with E-state index < -0.39 is 17.6 Å². The van der Waals surface area contributed by atoms with Crippen molar-refractivity contribution in [1.29, 1.82) is 0 Å². The number of piperazine rings is 1. The Labute approximate surface area is 125 Å². The summed E-state index contributed by atoms with van der Waals surface area (Å²) in [6.07, 6.45) is 0. The molecule has 1 aromatic carbocycles. The molecule has 1 aromatic rings. The molecule has 1 aliphatic heterocycles.